The zero-order valence-corrected chi connectivity index (χ0v) is 12.0. The number of nitrogens with one attached hydrogen (secondary N) is 1. The predicted octanol–water partition coefficient (Wildman–Crippen LogP) is 2.83. The molecule has 0 fully saturated rings. The summed E-state index contributed by atoms with van der Waals surface area (Å²) in [6, 6.07) is 11.1. The van der Waals surface area contributed by atoms with Gasteiger partial charge in [0.15, 0.2) is 0 Å². The first kappa shape index (κ1) is 13.3. The van der Waals surface area contributed by atoms with Gasteiger partial charge >= 0.3 is 0 Å². The van der Waals surface area contributed by atoms with Crippen molar-refractivity contribution in [2.45, 2.75) is 12.6 Å². The molecule has 1 atom stereocenters. The normalized spacial score (nSPS) is 12.3. The number of rotatable bonds is 5. The topological polar surface area (TPSA) is 55.1 Å². The minimum Gasteiger partial charge on any atom is -0.368 e. The Morgan fingerprint density at radius 2 is 2.11 bits per heavy atom. The number of hydrogen-bond acceptors (Lipinski definition) is 3. The molecule has 0 saturated heterocycles. The second kappa shape index (κ2) is 6.13. The van der Waals surface area contributed by atoms with Crippen LogP contribution in [0.25, 0.3) is 0 Å². The minimum atomic E-state index is -0.452. The Balaban J connectivity index is 2.06. The molecule has 1 heterocycles. The summed E-state index contributed by atoms with van der Waals surface area (Å²) in [5, 5.41) is 5.19. The molecule has 0 bridgehead atoms. The van der Waals surface area contributed by atoms with Crippen molar-refractivity contribution in [2.75, 3.05) is 0 Å². The van der Waals surface area contributed by atoms with Crippen molar-refractivity contribution in [3.63, 3.8) is 0 Å². The van der Waals surface area contributed by atoms with Crippen LogP contribution >= 0.6 is 27.3 Å². The Bertz CT molecular complexity index is 527. The van der Waals surface area contributed by atoms with Crippen LogP contribution in [0.3, 0.4) is 0 Å². The van der Waals surface area contributed by atoms with E-state index in [-0.39, 0.29) is 5.91 Å². The van der Waals surface area contributed by atoms with Crippen LogP contribution in [0.5, 0.6) is 0 Å². The molecule has 3 nitrogen and oxygen atoms in total. The summed E-state index contributed by atoms with van der Waals surface area (Å²) >= 11 is 5.04. The number of thiophene rings is 1. The predicted molar refractivity (Wildman–Crippen MR) is 77.2 cm³/mol. The van der Waals surface area contributed by atoms with Gasteiger partial charge in [0.05, 0.1) is 0 Å². The van der Waals surface area contributed by atoms with Crippen molar-refractivity contribution in [3.8, 4) is 0 Å². The Morgan fingerprint density at radius 3 is 2.67 bits per heavy atom. The number of primary amides is 1. The Morgan fingerprint density at radius 1 is 1.39 bits per heavy atom. The molecule has 2 rings (SSSR count). The summed E-state index contributed by atoms with van der Waals surface area (Å²) in [7, 11) is 0. The molecule has 0 aliphatic rings. The lowest BCUT2D eigenvalue weighted by Crippen LogP contribution is -2.33. The van der Waals surface area contributed by atoms with Gasteiger partial charge in [0.25, 0.3) is 0 Å². The minimum absolute atomic E-state index is 0.364. The quantitative estimate of drug-likeness (QED) is 0.888. The van der Waals surface area contributed by atoms with Crippen molar-refractivity contribution < 1.29 is 4.79 Å². The fourth-order valence-electron chi connectivity index (χ4n) is 1.68. The molecular formula is C13H13BrN2OS. The average Bonchev–Trinajstić information content (AvgIpc) is 2.76. The first-order valence-electron chi connectivity index (χ1n) is 5.47. The average molecular weight is 325 g/mol. The summed E-state index contributed by atoms with van der Waals surface area (Å²) in [5.74, 6) is -0.364. The molecule has 94 valence electrons. The van der Waals surface area contributed by atoms with E-state index in [0.29, 0.717) is 6.54 Å². The molecule has 0 spiro atoms. The summed E-state index contributed by atoms with van der Waals surface area (Å²) < 4.78 is 1.06. The number of hydrogen-bond donors (Lipinski definition) is 2. The molecule has 1 aromatic heterocycles. The van der Waals surface area contributed by atoms with Crippen LogP contribution in [0.4, 0.5) is 0 Å². The van der Waals surface area contributed by atoms with E-state index >= 15 is 0 Å². The van der Waals surface area contributed by atoms with Gasteiger partial charge in [-0.25, -0.2) is 0 Å². The molecular weight excluding hydrogens is 312 g/mol. The smallest absolute Gasteiger partial charge is 0.239 e. The lowest BCUT2D eigenvalue weighted by atomic mass is 10.1. The van der Waals surface area contributed by atoms with Gasteiger partial charge in [-0.2, -0.15) is 0 Å². The van der Waals surface area contributed by atoms with E-state index in [1.54, 1.807) is 11.3 Å². The highest BCUT2D eigenvalue weighted by molar-refractivity contribution is 9.10. The lowest BCUT2D eigenvalue weighted by Gasteiger charge is -2.15. The van der Waals surface area contributed by atoms with Gasteiger partial charge in [-0.05, 0) is 27.6 Å². The number of amides is 1. The molecule has 0 aliphatic heterocycles. The molecule has 1 aromatic carbocycles. The fourth-order valence-corrected chi connectivity index (χ4v) is 3.08. The van der Waals surface area contributed by atoms with Crippen LogP contribution in [0.1, 0.15) is 16.5 Å². The van der Waals surface area contributed by atoms with E-state index in [2.05, 4.69) is 21.2 Å². The van der Waals surface area contributed by atoms with Crippen molar-refractivity contribution in [3.05, 3.63) is 56.7 Å². The van der Waals surface area contributed by atoms with Crippen LogP contribution in [0.2, 0.25) is 0 Å². The third-order valence-corrected chi connectivity index (χ3v) is 4.22. The molecule has 5 heteroatoms. The molecule has 0 saturated carbocycles. The summed E-state index contributed by atoms with van der Waals surface area (Å²) in [4.78, 5) is 12.6. The van der Waals surface area contributed by atoms with Crippen molar-refractivity contribution >= 4 is 33.2 Å². The van der Waals surface area contributed by atoms with E-state index in [9.17, 15) is 4.79 Å². The largest absolute Gasteiger partial charge is 0.368 e. The van der Waals surface area contributed by atoms with Gasteiger partial charge in [0, 0.05) is 21.3 Å². The van der Waals surface area contributed by atoms with Gasteiger partial charge < -0.3 is 5.73 Å². The second-order valence-corrected chi connectivity index (χ2v) is 5.77. The number of carbonyl (C=O) groups is 1. The summed E-state index contributed by atoms with van der Waals surface area (Å²) in [6.07, 6.45) is 0. The number of carbonyl (C=O) groups excluding carboxylic acids is 1. The maximum Gasteiger partial charge on any atom is 0.239 e. The molecule has 0 aliphatic carbocycles. The maximum absolute atomic E-state index is 11.5. The van der Waals surface area contributed by atoms with Crippen molar-refractivity contribution in [1.82, 2.24) is 5.32 Å². The van der Waals surface area contributed by atoms with Crippen LogP contribution in [0.15, 0.2) is 46.3 Å². The Labute approximate surface area is 118 Å². The lowest BCUT2D eigenvalue weighted by molar-refractivity contribution is -0.120. The standard InChI is InChI=1S/C13H13BrN2OS/c14-10-6-11(18-8-10)7-16-12(13(15)17)9-4-2-1-3-5-9/h1-6,8,12,16H,7H2,(H2,15,17)/t12-/m0/s1. The first-order valence-corrected chi connectivity index (χ1v) is 7.14. The molecule has 3 N–H and O–H groups in total. The molecule has 18 heavy (non-hydrogen) atoms. The SMILES string of the molecule is NC(=O)[C@@H](NCc1cc(Br)cs1)c1ccccc1. The van der Waals surface area contributed by atoms with Crippen LogP contribution in [-0.4, -0.2) is 5.91 Å². The highest BCUT2D eigenvalue weighted by atomic mass is 79.9. The van der Waals surface area contributed by atoms with Gasteiger partial charge in [-0.15, -0.1) is 11.3 Å². The summed E-state index contributed by atoms with van der Waals surface area (Å²) in [5.41, 5.74) is 6.32. The van der Waals surface area contributed by atoms with Gasteiger partial charge in [0.1, 0.15) is 6.04 Å². The monoisotopic (exact) mass is 324 g/mol. The van der Waals surface area contributed by atoms with Crippen LogP contribution < -0.4 is 11.1 Å². The number of halogens is 1. The van der Waals surface area contributed by atoms with Crippen LogP contribution in [-0.2, 0) is 11.3 Å². The van der Waals surface area contributed by atoms with Crippen molar-refractivity contribution in [2.24, 2.45) is 5.73 Å². The Hall–Kier alpha value is -1.17. The van der Waals surface area contributed by atoms with E-state index in [0.717, 1.165) is 14.9 Å². The van der Waals surface area contributed by atoms with E-state index in [1.165, 1.54) is 0 Å². The van der Waals surface area contributed by atoms with Gasteiger partial charge in [-0.1, -0.05) is 30.3 Å². The highest BCUT2D eigenvalue weighted by Crippen LogP contribution is 2.20. The zero-order chi connectivity index (χ0) is 13.0. The summed E-state index contributed by atoms with van der Waals surface area (Å²) in [6.45, 7) is 0.624. The first-order chi connectivity index (χ1) is 8.66. The van der Waals surface area contributed by atoms with Crippen LogP contribution in [0, 0.1) is 0 Å². The van der Waals surface area contributed by atoms with Gasteiger partial charge in [0.2, 0.25) is 5.91 Å². The molecule has 0 unspecified atom stereocenters. The van der Waals surface area contributed by atoms with E-state index in [1.807, 2.05) is 41.8 Å². The van der Waals surface area contributed by atoms with E-state index < -0.39 is 6.04 Å². The molecule has 2 aromatic rings. The third-order valence-electron chi connectivity index (χ3n) is 2.52. The Kier molecular flexibility index (Phi) is 4.52. The van der Waals surface area contributed by atoms with Gasteiger partial charge in [-0.3, -0.25) is 10.1 Å². The fraction of sp³-hybridized carbons (Fsp3) is 0.154. The number of nitrogens with two attached hydrogens (primary N) is 1. The zero-order valence-electron chi connectivity index (χ0n) is 9.60. The van der Waals surface area contributed by atoms with E-state index in [4.69, 9.17) is 5.73 Å². The number of benzene rings is 1. The van der Waals surface area contributed by atoms with Crippen molar-refractivity contribution in [1.29, 1.82) is 0 Å². The molecule has 0 radical (unpaired) electrons. The third kappa shape index (κ3) is 3.41. The highest BCUT2D eigenvalue weighted by Gasteiger charge is 2.16. The second-order valence-electron chi connectivity index (χ2n) is 3.86. The maximum atomic E-state index is 11.5. The molecule has 1 amide bonds.